The van der Waals surface area contributed by atoms with Crippen molar-refractivity contribution in [3.63, 3.8) is 0 Å². The Bertz CT molecular complexity index is 539. The highest BCUT2D eigenvalue weighted by Crippen LogP contribution is 2.31. The van der Waals surface area contributed by atoms with Gasteiger partial charge in [-0.15, -0.1) is 0 Å². The van der Waals surface area contributed by atoms with E-state index in [1.807, 2.05) is 24.3 Å². The quantitative estimate of drug-likeness (QED) is 0.732. The Morgan fingerprint density at radius 3 is 2.26 bits per heavy atom. The molecule has 0 aromatic heterocycles. The van der Waals surface area contributed by atoms with Gasteiger partial charge >= 0.3 is 0 Å². The molecule has 0 radical (unpaired) electrons. The van der Waals surface area contributed by atoms with E-state index in [2.05, 4.69) is 6.58 Å². The topological polar surface area (TPSA) is 37.4 Å². The summed E-state index contributed by atoms with van der Waals surface area (Å²) in [6.07, 6.45) is 7.82. The monoisotopic (exact) mass is 331 g/mol. The molecule has 1 saturated carbocycles. The van der Waals surface area contributed by atoms with Crippen LogP contribution in [0.15, 0.2) is 30.8 Å². The smallest absolute Gasteiger partial charge is 0.258 e. The second-order valence-corrected chi connectivity index (χ2v) is 7.18. The van der Waals surface area contributed by atoms with E-state index in [1.54, 1.807) is 11.8 Å². The average molecular weight is 331 g/mol. The number of carbonyl (C=O) groups excluding carboxylic acids is 2. The van der Waals surface area contributed by atoms with Crippen LogP contribution in [0.3, 0.4) is 0 Å². The molecule has 0 bridgehead atoms. The highest BCUT2D eigenvalue weighted by molar-refractivity contribution is 8.13. The molecule has 124 valence electrons. The van der Waals surface area contributed by atoms with Gasteiger partial charge in [-0.1, -0.05) is 62.2 Å². The Morgan fingerprint density at radius 2 is 1.74 bits per heavy atom. The first-order valence-corrected chi connectivity index (χ1v) is 9.33. The van der Waals surface area contributed by atoms with Crippen molar-refractivity contribution in [3.05, 3.63) is 42.0 Å². The molecule has 1 aliphatic carbocycles. The lowest BCUT2D eigenvalue weighted by atomic mass is 10.0. The maximum atomic E-state index is 12.2. The number of hydrogen-bond acceptors (Lipinski definition) is 3. The standard InChI is InChI=1S/C15H17NO2S.C4H8/c1-11-13-7-3-4-8-14(13)15(18)16(11)9-5-6-10-19-12(2)17;1-2-4-3-1/h3-4,7-8H,1,5-6,9-10H2,2H3;1-4H2. The van der Waals surface area contributed by atoms with E-state index in [0.717, 1.165) is 35.4 Å². The summed E-state index contributed by atoms with van der Waals surface area (Å²) in [4.78, 5) is 24.7. The molecule has 0 N–H and O–H groups in total. The summed E-state index contributed by atoms with van der Waals surface area (Å²) >= 11 is 1.34. The van der Waals surface area contributed by atoms with Gasteiger partial charge in [0.15, 0.2) is 5.12 Å². The number of unbranched alkanes of at least 4 members (excludes halogenated alkanes) is 1. The number of nitrogens with zero attached hydrogens (tertiary/aromatic N) is 1. The van der Waals surface area contributed by atoms with Crippen LogP contribution in [0.5, 0.6) is 0 Å². The molecule has 1 aromatic carbocycles. The number of amides is 1. The van der Waals surface area contributed by atoms with Gasteiger partial charge in [0.05, 0.1) is 0 Å². The largest absolute Gasteiger partial charge is 0.308 e. The highest BCUT2D eigenvalue weighted by atomic mass is 32.2. The van der Waals surface area contributed by atoms with Gasteiger partial charge < -0.3 is 4.90 Å². The van der Waals surface area contributed by atoms with Crippen molar-refractivity contribution >= 4 is 28.5 Å². The Kier molecular flexibility index (Phi) is 6.90. The summed E-state index contributed by atoms with van der Waals surface area (Å²) in [5.41, 5.74) is 2.47. The van der Waals surface area contributed by atoms with E-state index >= 15 is 0 Å². The van der Waals surface area contributed by atoms with Crippen LogP contribution in [0.2, 0.25) is 0 Å². The number of rotatable bonds is 5. The van der Waals surface area contributed by atoms with Gasteiger partial charge in [-0.25, -0.2) is 0 Å². The van der Waals surface area contributed by atoms with Crippen molar-refractivity contribution in [3.8, 4) is 0 Å². The molecule has 1 aromatic rings. The van der Waals surface area contributed by atoms with Crippen molar-refractivity contribution in [1.82, 2.24) is 4.90 Å². The lowest BCUT2D eigenvalue weighted by molar-refractivity contribution is -0.109. The van der Waals surface area contributed by atoms with E-state index in [9.17, 15) is 9.59 Å². The van der Waals surface area contributed by atoms with E-state index in [0.29, 0.717) is 6.54 Å². The molecule has 0 saturated heterocycles. The van der Waals surface area contributed by atoms with Crippen LogP contribution in [0, 0.1) is 0 Å². The second-order valence-electron chi connectivity index (χ2n) is 5.91. The summed E-state index contributed by atoms with van der Waals surface area (Å²) in [5.74, 6) is 0.858. The molecule has 2 aliphatic rings. The Balaban J connectivity index is 0.000000417. The molecule has 0 atom stereocenters. The van der Waals surface area contributed by atoms with Crippen LogP contribution < -0.4 is 0 Å². The van der Waals surface area contributed by atoms with Crippen molar-refractivity contribution in [2.45, 2.75) is 45.4 Å². The third kappa shape index (κ3) is 4.96. The summed E-state index contributed by atoms with van der Waals surface area (Å²) in [6, 6.07) is 7.57. The molecule has 23 heavy (non-hydrogen) atoms. The molecular weight excluding hydrogens is 306 g/mol. The van der Waals surface area contributed by atoms with Gasteiger partial charge in [-0.2, -0.15) is 0 Å². The van der Waals surface area contributed by atoms with E-state index in [4.69, 9.17) is 0 Å². The molecule has 4 heteroatoms. The summed E-state index contributed by atoms with van der Waals surface area (Å²) in [6.45, 7) is 6.25. The zero-order chi connectivity index (χ0) is 16.7. The fraction of sp³-hybridized carbons (Fsp3) is 0.474. The first-order chi connectivity index (χ1) is 11.1. The minimum Gasteiger partial charge on any atom is -0.308 e. The predicted molar refractivity (Wildman–Crippen MR) is 97.4 cm³/mol. The SMILES string of the molecule is C1CCC1.C=C1c2ccccc2C(=O)N1CCCCSC(C)=O. The normalized spacial score (nSPS) is 15.6. The summed E-state index contributed by atoms with van der Waals surface area (Å²) in [5, 5.41) is 0.147. The Morgan fingerprint density at radius 1 is 1.13 bits per heavy atom. The van der Waals surface area contributed by atoms with Gasteiger partial charge in [0.25, 0.3) is 5.91 Å². The van der Waals surface area contributed by atoms with Crippen molar-refractivity contribution in [1.29, 1.82) is 0 Å². The fourth-order valence-electron chi connectivity index (χ4n) is 2.41. The van der Waals surface area contributed by atoms with E-state index in [1.165, 1.54) is 37.4 Å². The third-order valence-electron chi connectivity index (χ3n) is 4.12. The van der Waals surface area contributed by atoms with Gasteiger partial charge in [-0.05, 0) is 18.9 Å². The summed E-state index contributed by atoms with van der Waals surface area (Å²) in [7, 11) is 0. The van der Waals surface area contributed by atoms with E-state index < -0.39 is 0 Å². The highest BCUT2D eigenvalue weighted by Gasteiger charge is 2.29. The maximum Gasteiger partial charge on any atom is 0.258 e. The van der Waals surface area contributed by atoms with Gasteiger partial charge in [0.2, 0.25) is 0 Å². The third-order valence-corrected chi connectivity index (χ3v) is 5.02. The van der Waals surface area contributed by atoms with Crippen LogP contribution in [0.1, 0.15) is 61.4 Å². The molecule has 1 fully saturated rings. The summed E-state index contributed by atoms with van der Waals surface area (Å²) < 4.78 is 0. The minimum absolute atomic E-state index is 0.0415. The minimum atomic E-state index is 0.0415. The van der Waals surface area contributed by atoms with Crippen molar-refractivity contribution < 1.29 is 9.59 Å². The van der Waals surface area contributed by atoms with Gasteiger partial charge in [0, 0.05) is 36.0 Å². The Labute approximate surface area is 143 Å². The van der Waals surface area contributed by atoms with Crippen molar-refractivity contribution in [2.75, 3.05) is 12.3 Å². The van der Waals surface area contributed by atoms with Crippen LogP contribution in [0.25, 0.3) is 5.70 Å². The van der Waals surface area contributed by atoms with E-state index in [-0.39, 0.29) is 11.0 Å². The predicted octanol–water partition coefficient (Wildman–Crippen LogP) is 4.73. The van der Waals surface area contributed by atoms with Crippen LogP contribution in [0.4, 0.5) is 0 Å². The number of thioether (sulfide) groups is 1. The lowest BCUT2D eigenvalue weighted by Crippen LogP contribution is -2.24. The zero-order valence-corrected chi connectivity index (χ0v) is 14.7. The fourth-order valence-corrected chi connectivity index (χ4v) is 3.04. The molecular formula is C19H25NO2S. The average Bonchev–Trinajstić information content (AvgIpc) is 2.70. The molecule has 1 aliphatic heterocycles. The molecule has 3 rings (SSSR count). The number of fused-ring (bicyclic) bond motifs is 1. The number of carbonyl (C=O) groups is 2. The van der Waals surface area contributed by atoms with Crippen molar-refractivity contribution in [2.24, 2.45) is 0 Å². The molecule has 0 unspecified atom stereocenters. The number of hydrogen-bond donors (Lipinski definition) is 0. The molecule has 0 spiro atoms. The second kappa shape index (κ2) is 8.92. The Hall–Kier alpha value is -1.55. The first kappa shape index (κ1) is 17.8. The van der Waals surface area contributed by atoms with Crippen LogP contribution in [-0.2, 0) is 4.79 Å². The van der Waals surface area contributed by atoms with Gasteiger partial charge in [-0.3, -0.25) is 9.59 Å². The maximum absolute atomic E-state index is 12.2. The van der Waals surface area contributed by atoms with Crippen LogP contribution in [-0.4, -0.2) is 28.2 Å². The number of benzene rings is 1. The lowest BCUT2D eigenvalue weighted by Gasteiger charge is -2.16. The molecule has 3 nitrogen and oxygen atoms in total. The molecule has 1 amide bonds. The zero-order valence-electron chi connectivity index (χ0n) is 13.8. The molecule has 1 heterocycles. The first-order valence-electron chi connectivity index (χ1n) is 8.35. The van der Waals surface area contributed by atoms with Crippen LogP contribution >= 0.6 is 11.8 Å². The van der Waals surface area contributed by atoms with Gasteiger partial charge in [0.1, 0.15) is 0 Å².